The Labute approximate surface area is 173 Å². The van der Waals surface area contributed by atoms with Crippen LogP contribution in [0.25, 0.3) is 0 Å². The molecule has 0 bridgehead atoms. The molecular weight excluding hydrogens is 429 g/mol. The van der Waals surface area contributed by atoms with Crippen molar-refractivity contribution in [2.75, 3.05) is 32.0 Å². The van der Waals surface area contributed by atoms with E-state index in [0.29, 0.717) is 12.5 Å². The predicted molar refractivity (Wildman–Crippen MR) is 101 cm³/mol. The van der Waals surface area contributed by atoms with Gasteiger partial charge in [0.05, 0.1) is 17.9 Å². The van der Waals surface area contributed by atoms with Gasteiger partial charge in [0, 0.05) is 26.2 Å². The molecule has 1 aromatic rings. The van der Waals surface area contributed by atoms with Crippen LogP contribution in [0, 0.1) is 12.8 Å². The third-order valence-corrected chi connectivity index (χ3v) is 6.60. The predicted octanol–water partition coefficient (Wildman–Crippen LogP) is 2.14. The van der Waals surface area contributed by atoms with Crippen LogP contribution < -0.4 is 4.72 Å². The van der Waals surface area contributed by atoms with Crippen molar-refractivity contribution in [1.82, 2.24) is 9.62 Å². The van der Waals surface area contributed by atoms with Crippen molar-refractivity contribution < 1.29 is 40.6 Å². The molecule has 12 heteroatoms. The number of hydrogen-bond acceptors (Lipinski definition) is 6. The van der Waals surface area contributed by atoms with Crippen LogP contribution >= 0.6 is 0 Å². The van der Waals surface area contributed by atoms with E-state index in [1.807, 2.05) is 19.1 Å². The molecule has 1 atom stereocenters. The van der Waals surface area contributed by atoms with E-state index in [1.54, 1.807) is 6.92 Å². The van der Waals surface area contributed by atoms with Gasteiger partial charge in [0.2, 0.25) is 10.0 Å². The molecule has 0 saturated carbocycles. The summed E-state index contributed by atoms with van der Waals surface area (Å²) in [4.78, 5) is 11.2. The lowest BCUT2D eigenvalue weighted by Crippen LogP contribution is -2.64. The summed E-state index contributed by atoms with van der Waals surface area (Å²) >= 11 is 0. The van der Waals surface area contributed by atoms with E-state index in [4.69, 9.17) is 19.1 Å². The maximum atomic E-state index is 11.5. The number of aryl methyl sites for hydroxylation is 1. The number of aliphatic carboxylic acids is 1. The molecule has 0 amide bonds. The number of nitrogens with zero attached hydrogens (tertiary/aromatic N) is 1. The van der Waals surface area contributed by atoms with Crippen molar-refractivity contribution in [2.24, 2.45) is 5.92 Å². The molecule has 1 unspecified atom stereocenters. The summed E-state index contributed by atoms with van der Waals surface area (Å²) in [6, 6.07) is 4.01. The van der Waals surface area contributed by atoms with Crippen LogP contribution in [0.4, 0.5) is 13.2 Å². The molecule has 0 aliphatic carbocycles. The maximum Gasteiger partial charge on any atom is 0.490 e. The van der Waals surface area contributed by atoms with Gasteiger partial charge in [-0.2, -0.15) is 13.2 Å². The Hall–Kier alpha value is -1.63. The number of rotatable bonds is 7. The average Bonchev–Trinajstić information content (AvgIpc) is 3.21. The summed E-state index contributed by atoms with van der Waals surface area (Å²) in [7, 11) is -3.10. The summed E-state index contributed by atoms with van der Waals surface area (Å²) in [5.41, 5.74) is -0.0840. The number of sulfonamides is 1. The third-order valence-electron chi connectivity index (χ3n) is 5.20. The fourth-order valence-electron chi connectivity index (χ4n) is 3.65. The molecule has 0 aromatic carbocycles. The van der Waals surface area contributed by atoms with E-state index in [9.17, 15) is 21.6 Å². The molecule has 2 saturated heterocycles. The first kappa shape index (κ1) is 24.6. The fraction of sp³-hybridized carbons (Fsp3) is 0.722. The fourth-order valence-corrected chi connectivity index (χ4v) is 4.28. The minimum atomic E-state index is -5.08. The Morgan fingerprint density at radius 1 is 1.37 bits per heavy atom. The second kappa shape index (κ2) is 9.67. The lowest BCUT2D eigenvalue weighted by molar-refractivity contribution is -0.192. The molecule has 172 valence electrons. The molecule has 2 N–H and O–H groups in total. The van der Waals surface area contributed by atoms with Crippen molar-refractivity contribution in [1.29, 1.82) is 0 Å². The van der Waals surface area contributed by atoms with E-state index in [2.05, 4.69) is 9.62 Å². The number of carboxylic acids is 1. The van der Waals surface area contributed by atoms with E-state index < -0.39 is 22.2 Å². The zero-order valence-electron chi connectivity index (χ0n) is 16.9. The van der Waals surface area contributed by atoms with E-state index >= 15 is 0 Å². The highest BCUT2D eigenvalue weighted by molar-refractivity contribution is 7.89. The molecule has 2 fully saturated rings. The van der Waals surface area contributed by atoms with Gasteiger partial charge >= 0.3 is 12.1 Å². The van der Waals surface area contributed by atoms with Gasteiger partial charge in [0.1, 0.15) is 11.5 Å². The number of ether oxygens (including phenoxy) is 1. The number of alkyl halides is 3. The molecule has 1 aromatic heterocycles. The number of carboxylic acid groups (broad SMARTS) is 1. The first-order chi connectivity index (χ1) is 13.9. The minimum absolute atomic E-state index is 0.0840. The van der Waals surface area contributed by atoms with Crippen molar-refractivity contribution in [3.8, 4) is 0 Å². The first-order valence-electron chi connectivity index (χ1n) is 9.56. The summed E-state index contributed by atoms with van der Waals surface area (Å²) in [5, 5.41) is 7.12. The van der Waals surface area contributed by atoms with Gasteiger partial charge in [-0.1, -0.05) is 0 Å². The summed E-state index contributed by atoms with van der Waals surface area (Å²) in [5.74, 6) is -0.268. The number of carbonyl (C=O) groups is 1. The SMILES string of the molecule is CCS(=O)(=O)NCCC1CCOC12CN(Cc1ccc(C)o1)C2.O=C(O)C(F)(F)F. The standard InChI is InChI=1S/C16H26N2O4S.C2HF3O2/c1-3-23(19,20)17-8-6-14-7-9-21-16(14)11-18(12-16)10-15-5-4-13(2)22-15;3-2(4,5)1(6)7/h4-5,14,17H,3,6-12H2,1-2H3;(H,6,7). The topological polar surface area (TPSA) is 109 Å². The summed E-state index contributed by atoms with van der Waals surface area (Å²) < 4.78 is 69.1. The maximum absolute atomic E-state index is 11.5. The number of furan rings is 1. The van der Waals surface area contributed by atoms with Gasteiger partial charge in [0.25, 0.3) is 0 Å². The Bertz CT molecular complexity index is 818. The number of halogens is 3. The molecule has 0 radical (unpaired) electrons. The largest absolute Gasteiger partial charge is 0.490 e. The average molecular weight is 456 g/mol. The highest BCUT2D eigenvalue weighted by atomic mass is 32.2. The highest BCUT2D eigenvalue weighted by Gasteiger charge is 2.52. The van der Waals surface area contributed by atoms with Gasteiger partial charge in [-0.05, 0) is 44.7 Å². The minimum Gasteiger partial charge on any atom is -0.475 e. The molecular formula is C18H27F3N2O6S. The van der Waals surface area contributed by atoms with Gasteiger partial charge in [-0.3, -0.25) is 4.90 Å². The van der Waals surface area contributed by atoms with Crippen LogP contribution in [0.15, 0.2) is 16.5 Å². The Morgan fingerprint density at radius 2 is 2.00 bits per heavy atom. The molecule has 2 aliphatic heterocycles. The van der Waals surface area contributed by atoms with Crippen LogP contribution in [-0.4, -0.2) is 68.2 Å². The second-order valence-electron chi connectivity index (χ2n) is 7.45. The molecule has 3 rings (SSSR count). The van der Waals surface area contributed by atoms with Gasteiger partial charge < -0.3 is 14.3 Å². The lowest BCUT2D eigenvalue weighted by atomic mass is 9.79. The van der Waals surface area contributed by atoms with Crippen molar-refractivity contribution in [3.05, 3.63) is 23.7 Å². The zero-order valence-corrected chi connectivity index (χ0v) is 17.7. The van der Waals surface area contributed by atoms with Crippen molar-refractivity contribution in [2.45, 2.75) is 45.0 Å². The number of nitrogens with one attached hydrogen (secondary N) is 1. The molecule has 1 spiro atoms. The number of hydrogen-bond donors (Lipinski definition) is 2. The van der Waals surface area contributed by atoms with Crippen molar-refractivity contribution >= 4 is 16.0 Å². The summed E-state index contributed by atoms with van der Waals surface area (Å²) in [6.45, 7) is 7.50. The Morgan fingerprint density at radius 3 is 2.50 bits per heavy atom. The van der Waals surface area contributed by atoms with E-state index in [0.717, 1.165) is 50.6 Å². The van der Waals surface area contributed by atoms with Crippen LogP contribution in [0.3, 0.4) is 0 Å². The smallest absolute Gasteiger partial charge is 0.475 e. The first-order valence-corrected chi connectivity index (χ1v) is 11.2. The monoisotopic (exact) mass is 456 g/mol. The normalized spacial score (nSPS) is 21.2. The van der Waals surface area contributed by atoms with Gasteiger partial charge in [0.15, 0.2) is 0 Å². The molecule has 30 heavy (non-hydrogen) atoms. The van der Waals surface area contributed by atoms with E-state index in [-0.39, 0.29) is 11.4 Å². The van der Waals surface area contributed by atoms with E-state index in [1.165, 1.54) is 0 Å². The van der Waals surface area contributed by atoms with Crippen LogP contribution in [-0.2, 0) is 26.1 Å². The van der Waals surface area contributed by atoms with Gasteiger partial charge in [-0.25, -0.2) is 17.9 Å². The van der Waals surface area contributed by atoms with Crippen LogP contribution in [0.2, 0.25) is 0 Å². The molecule has 3 heterocycles. The second-order valence-corrected chi connectivity index (χ2v) is 9.54. The number of likely N-dealkylation sites (tertiary alicyclic amines) is 1. The zero-order chi connectivity index (χ0) is 22.6. The Kier molecular flexibility index (Phi) is 7.94. The van der Waals surface area contributed by atoms with Crippen LogP contribution in [0.1, 0.15) is 31.3 Å². The highest BCUT2D eigenvalue weighted by Crippen LogP contribution is 2.42. The quantitative estimate of drug-likeness (QED) is 0.647. The van der Waals surface area contributed by atoms with Crippen LogP contribution in [0.5, 0.6) is 0 Å². The van der Waals surface area contributed by atoms with Gasteiger partial charge in [-0.15, -0.1) is 0 Å². The Balaban J connectivity index is 0.000000396. The van der Waals surface area contributed by atoms with Crippen molar-refractivity contribution in [3.63, 3.8) is 0 Å². The molecule has 8 nitrogen and oxygen atoms in total. The molecule has 2 aliphatic rings. The summed E-state index contributed by atoms with van der Waals surface area (Å²) in [6.07, 6.45) is -3.23. The lowest BCUT2D eigenvalue weighted by Gasteiger charge is -2.50. The third kappa shape index (κ3) is 6.69.